The monoisotopic (exact) mass is 401 g/mol. The smallest absolute Gasteiger partial charge is 0.254 e. The Hall–Kier alpha value is -2.12. The Bertz CT molecular complexity index is 760. The predicted molar refractivity (Wildman–Crippen MR) is 109 cm³/mol. The molecule has 3 saturated heterocycles. The minimum Gasteiger partial charge on any atom is -0.497 e. The Morgan fingerprint density at radius 2 is 1.76 bits per heavy atom. The van der Waals surface area contributed by atoms with Crippen LogP contribution in [0.4, 0.5) is 0 Å². The zero-order valence-electron chi connectivity index (χ0n) is 17.5. The quantitative estimate of drug-likeness (QED) is 0.827. The van der Waals surface area contributed by atoms with Crippen LogP contribution in [0.2, 0.25) is 0 Å². The molecule has 4 rings (SSSR count). The van der Waals surface area contributed by atoms with Crippen LogP contribution in [0.1, 0.15) is 31.4 Å². The molecule has 29 heavy (non-hydrogen) atoms. The highest BCUT2D eigenvalue weighted by Gasteiger charge is 2.52. The first-order chi connectivity index (χ1) is 14.0. The number of nitrogens with zero attached hydrogens (tertiary/aromatic N) is 2. The molecule has 1 aromatic rings. The highest BCUT2D eigenvalue weighted by molar-refractivity contribution is 5.86. The number of piperidine rings is 1. The van der Waals surface area contributed by atoms with Crippen LogP contribution in [-0.2, 0) is 14.3 Å². The number of nitrogens with one attached hydrogen (secondary N) is 1. The molecule has 7 nitrogen and oxygen atoms in total. The highest BCUT2D eigenvalue weighted by Crippen LogP contribution is 2.46. The van der Waals surface area contributed by atoms with E-state index >= 15 is 0 Å². The van der Waals surface area contributed by atoms with Gasteiger partial charge in [0.25, 0.3) is 5.91 Å². The Morgan fingerprint density at radius 3 is 2.34 bits per heavy atom. The number of ether oxygens (including phenoxy) is 2. The number of likely N-dealkylation sites (tertiary alicyclic amines) is 2. The SMILES string of the molecule is COc1ccc([C@H]2[C@@H]3CN(C(=O)C4(OC)CCNCC4)C[C@@H]3CN2C(C)=O)cc1. The van der Waals surface area contributed by atoms with Crippen molar-refractivity contribution in [2.24, 2.45) is 11.8 Å². The molecule has 3 heterocycles. The van der Waals surface area contributed by atoms with E-state index in [1.165, 1.54) is 0 Å². The zero-order chi connectivity index (χ0) is 20.6. The second-order valence-corrected chi connectivity index (χ2v) is 8.47. The highest BCUT2D eigenvalue weighted by atomic mass is 16.5. The first kappa shape index (κ1) is 20.2. The number of carbonyl (C=O) groups excluding carboxylic acids is 2. The second-order valence-electron chi connectivity index (χ2n) is 8.47. The minimum atomic E-state index is -0.709. The van der Waals surface area contributed by atoms with E-state index < -0.39 is 5.60 Å². The minimum absolute atomic E-state index is 0.00674. The lowest BCUT2D eigenvalue weighted by Crippen LogP contribution is -2.55. The van der Waals surface area contributed by atoms with Gasteiger partial charge in [0.1, 0.15) is 11.4 Å². The first-order valence-electron chi connectivity index (χ1n) is 10.5. The molecule has 0 aromatic heterocycles. The van der Waals surface area contributed by atoms with Crippen LogP contribution in [0.3, 0.4) is 0 Å². The second kappa shape index (κ2) is 7.95. The van der Waals surface area contributed by atoms with Crippen LogP contribution in [-0.4, -0.2) is 74.2 Å². The zero-order valence-corrected chi connectivity index (χ0v) is 17.5. The van der Waals surface area contributed by atoms with Gasteiger partial charge in [0.2, 0.25) is 5.91 Å². The van der Waals surface area contributed by atoms with Crippen LogP contribution in [0, 0.1) is 11.8 Å². The van der Waals surface area contributed by atoms with Gasteiger partial charge in [-0.15, -0.1) is 0 Å². The molecule has 2 amide bonds. The first-order valence-corrected chi connectivity index (χ1v) is 10.5. The van der Waals surface area contributed by atoms with Gasteiger partial charge < -0.3 is 24.6 Å². The summed E-state index contributed by atoms with van der Waals surface area (Å²) in [6.07, 6.45) is 1.41. The number of hydrogen-bond acceptors (Lipinski definition) is 5. The number of methoxy groups -OCH3 is 2. The molecule has 0 saturated carbocycles. The lowest BCUT2D eigenvalue weighted by molar-refractivity contribution is -0.157. The van der Waals surface area contributed by atoms with Crippen molar-refractivity contribution in [3.8, 4) is 5.75 Å². The summed E-state index contributed by atoms with van der Waals surface area (Å²) in [6, 6.07) is 7.94. The topological polar surface area (TPSA) is 71.1 Å². The van der Waals surface area contributed by atoms with Gasteiger partial charge in [-0.25, -0.2) is 0 Å². The van der Waals surface area contributed by atoms with Crippen molar-refractivity contribution < 1.29 is 19.1 Å². The van der Waals surface area contributed by atoms with Gasteiger partial charge >= 0.3 is 0 Å². The molecular formula is C22H31N3O4. The van der Waals surface area contributed by atoms with Crippen LogP contribution in [0.25, 0.3) is 0 Å². The van der Waals surface area contributed by atoms with Crippen LogP contribution in [0.5, 0.6) is 5.75 Å². The van der Waals surface area contributed by atoms with Gasteiger partial charge in [-0.1, -0.05) is 12.1 Å². The van der Waals surface area contributed by atoms with Crippen molar-refractivity contribution in [2.75, 3.05) is 46.9 Å². The van der Waals surface area contributed by atoms with Crippen molar-refractivity contribution in [3.05, 3.63) is 29.8 Å². The van der Waals surface area contributed by atoms with Gasteiger partial charge in [-0.3, -0.25) is 9.59 Å². The standard InChI is InChI=1S/C22H31N3O4/c1-15(26)25-13-17-12-24(21(27)22(29-3)8-10-23-11-9-22)14-19(17)20(25)16-4-6-18(28-2)7-5-16/h4-7,17,19-20,23H,8-14H2,1-3H3/t17-,19-,20+/m1/s1. The van der Waals surface area contributed by atoms with Crippen LogP contribution >= 0.6 is 0 Å². The molecular weight excluding hydrogens is 370 g/mol. The van der Waals surface area contributed by atoms with Crippen molar-refractivity contribution in [3.63, 3.8) is 0 Å². The summed E-state index contributed by atoms with van der Waals surface area (Å²) in [7, 11) is 3.30. The largest absolute Gasteiger partial charge is 0.497 e. The summed E-state index contributed by atoms with van der Waals surface area (Å²) >= 11 is 0. The summed E-state index contributed by atoms with van der Waals surface area (Å²) in [5.41, 5.74) is 0.394. The fourth-order valence-electron chi connectivity index (χ4n) is 5.39. The fourth-order valence-corrected chi connectivity index (χ4v) is 5.39. The predicted octanol–water partition coefficient (Wildman–Crippen LogP) is 1.44. The Labute approximate surface area is 172 Å². The normalized spacial score (nSPS) is 28.3. The number of fused-ring (bicyclic) bond motifs is 1. The van der Waals surface area contributed by atoms with Crippen molar-refractivity contribution in [2.45, 2.75) is 31.4 Å². The lowest BCUT2D eigenvalue weighted by atomic mass is 9.89. The third-order valence-corrected chi connectivity index (χ3v) is 7.00. The average molecular weight is 402 g/mol. The number of amides is 2. The van der Waals surface area contributed by atoms with E-state index in [-0.39, 0.29) is 23.8 Å². The molecule has 0 bridgehead atoms. The molecule has 0 unspecified atom stereocenters. The number of benzene rings is 1. The maximum atomic E-state index is 13.4. The fraction of sp³-hybridized carbons (Fsp3) is 0.636. The molecule has 1 N–H and O–H groups in total. The molecule has 3 aliphatic heterocycles. The number of carbonyl (C=O) groups is 2. The Kier molecular flexibility index (Phi) is 5.53. The van der Waals surface area contributed by atoms with E-state index in [2.05, 4.69) is 5.32 Å². The summed E-state index contributed by atoms with van der Waals surface area (Å²) in [5.74, 6) is 1.54. The third kappa shape index (κ3) is 3.51. The molecule has 3 aliphatic rings. The summed E-state index contributed by atoms with van der Waals surface area (Å²) in [4.78, 5) is 29.7. The van der Waals surface area contributed by atoms with E-state index in [0.29, 0.717) is 38.4 Å². The summed E-state index contributed by atoms with van der Waals surface area (Å²) < 4.78 is 11.0. The number of rotatable bonds is 4. The molecule has 0 radical (unpaired) electrons. The van der Waals surface area contributed by atoms with Gasteiger partial charge in [0.05, 0.1) is 13.2 Å². The van der Waals surface area contributed by atoms with Crippen molar-refractivity contribution in [1.29, 1.82) is 0 Å². The maximum Gasteiger partial charge on any atom is 0.254 e. The van der Waals surface area contributed by atoms with E-state index in [1.54, 1.807) is 21.1 Å². The molecule has 0 aliphatic carbocycles. The lowest BCUT2D eigenvalue weighted by Gasteiger charge is -2.38. The molecule has 7 heteroatoms. The third-order valence-electron chi connectivity index (χ3n) is 7.00. The van der Waals surface area contributed by atoms with Crippen LogP contribution < -0.4 is 10.1 Å². The maximum absolute atomic E-state index is 13.4. The van der Waals surface area contributed by atoms with E-state index in [9.17, 15) is 9.59 Å². The van der Waals surface area contributed by atoms with E-state index in [0.717, 1.165) is 24.4 Å². The molecule has 0 spiro atoms. The Balaban J connectivity index is 1.56. The molecule has 3 fully saturated rings. The van der Waals surface area contributed by atoms with Gasteiger partial charge in [-0.2, -0.15) is 0 Å². The van der Waals surface area contributed by atoms with Crippen LogP contribution in [0.15, 0.2) is 24.3 Å². The van der Waals surface area contributed by atoms with E-state index in [1.807, 2.05) is 34.1 Å². The molecule has 158 valence electrons. The summed E-state index contributed by atoms with van der Waals surface area (Å²) in [5, 5.41) is 3.31. The van der Waals surface area contributed by atoms with Crippen molar-refractivity contribution >= 4 is 11.8 Å². The molecule has 3 atom stereocenters. The van der Waals surface area contributed by atoms with Crippen molar-refractivity contribution in [1.82, 2.24) is 15.1 Å². The average Bonchev–Trinajstić information content (AvgIpc) is 3.32. The molecule has 1 aromatic carbocycles. The summed E-state index contributed by atoms with van der Waals surface area (Å²) in [6.45, 7) is 5.29. The van der Waals surface area contributed by atoms with Gasteiger partial charge in [-0.05, 0) is 43.6 Å². The van der Waals surface area contributed by atoms with Gasteiger partial charge in [0.15, 0.2) is 0 Å². The Morgan fingerprint density at radius 1 is 1.07 bits per heavy atom. The number of hydrogen-bond donors (Lipinski definition) is 1. The van der Waals surface area contributed by atoms with Gasteiger partial charge in [0, 0.05) is 45.5 Å². The van der Waals surface area contributed by atoms with E-state index in [4.69, 9.17) is 9.47 Å².